The molecule has 350 valence electrons. The minimum Gasteiger partial charge on any atom is -0.459 e. The van der Waals surface area contributed by atoms with Gasteiger partial charge in [-0.3, -0.25) is 0 Å². The molecule has 4 aliphatic heterocycles. The van der Waals surface area contributed by atoms with E-state index in [1.54, 1.807) is 6.08 Å². The second kappa shape index (κ2) is 20.3. The van der Waals surface area contributed by atoms with E-state index in [1.807, 2.05) is 0 Å². The molecule has 21 nitrogen and oxygen atoms in total. The van der Waals surface area contributed by atoms with Crippen LogP contribution >= 0.6 is 0 Å². The van der Waals surface area contributed by atoms with Crippen molar-refractivity contribution >= 4 is 5.97 Å². The van der Waals surface area contributed by atoms with Crippen molar-refractivity contribution in [2.75, 3.05) is 26.4 Å². The topological polar surface area (TPSA) is 337 Å². The number of allylic oxidation sites excluding steroid dienone is 1. The molecule has 13 N–H and O–H groups in total. The molecule has 4 heterocycles. The number of hydrogen-bond donors (Lipinski definition) is 12. The van der Waals surface area contributed by atoms with E-state index in [-0.39, 0.29) is 50.0 Å². The fraction of sp³-hybridized carbons (Fsp3) is 0.925. The maximum atomic E-state index is 12.5. The molecule has 7 aliphatic rings. The molecule has 21 heteroatoms. The number of aliphatic hydroxyl groups excluding tert-OH is 11. The lowest BCUT2D eigenvalue weighted by molar-refractivity contribution is -0.368. The Labute approximate surface area is 352 Å². The first-order chi connectivity index (χ1) is 29.0. The molecule has 21 atom stereocenters. The van der Waals surface area contributed by atoms with Crippen LogP contribution in [0.3, 0.4) is 0 Å². The van der Waals surface area contributed by atoms with Crippen LogP contribution in [0, 0.1) is 17.8 Å². The van der Waals surface area contributed by atoms with Crippen LogP contribution in [-0.2, 0) is 38.0 Å². The highest BCUT2D eigenvalue weighted by Crippen LogP contribution is 2.44. The Balaban J connectivity index is 1.05. The molecule has 0 aromatic carbocycles. The van der Waals surface area contributed by atoms with Crippen LogP contribution in [-0.4, -0.2) is 221 Å². The van der Waals surface area contributed by atoms with Crippen molar-refractivity contribution in [3.63, 3.8) is 0 Å². The van der Waals surface area contributed by atoms with Gasteiger partial charge in [0.2, 0.25) is 0 Å². The van der Waals surface area contributed by atoms with Crippen LogP contribution in [0.5, 0.6) is 0 Å². The summed E-state index contributed by atoms with van der Waals surface area (Å²) in [7, 11) is 0. The minimum absolute atomic E-state index is 0.0605. The highest BCUT2D eigenvalue weighted by molar-refractivity contribution is 5.82. The van der Waals surface area contributed by atoms with Crippen LogP contribution in [0.15, 0.2) is 12.2 Å². The first-order valence-corrected chi connectivity index (χ1v) is 21.6. The number of ether oxygens (including phenoxy) is 8. The molecule has 21 unspecified atom stereocenters. The van der Waals surface area contributed by atoms with E-state index in [1.165, 1.54) is 6.08 Å². The third-order valence-corrected chi connectivity index (χ3v) is 13.7. The number of aliphatic hydroxyl groups is 14. The average molecular weight is 882 g/mol. The maximum absolute atomic E-state index is 12.5. The van der Waals surface area contributed by atoms with Crippen LogP contribution in [0.2, 0.25) is 0 Å². The van der Waals surface area contributed by atoms with Gasteiger partial charge in [-0.2, -0.15) is 0 Å². The third kappa shape index (κ3) is 10.8. The SMILES string of the molecule is O=C(C=CC1CCC(O)CC1)OCC1(O)COC(OC2C(OC3CC4C(OC5OC(CO)C(O)C(O)C5O)CC(O)CC4[OH+]C3C3CCC(O)C(O)C3)OCC(O)C2O)C1O. The second-order valence-corrected chi connectivity index (χ2v) is 18.1. The number of rotatable bonds is 12. The van der Waals surface area contributed by atoms with Gasteiger partial charge < -0.3 is 99.2 Å². The number of hydrogen-bond acceptors (Lipinski definition) is 20. The molecule has 3 aliphatic carbocycles. The molecule has 61 heavy (non-hydrogen) atoms. The standard InChI is InChI=1S/C40H64O21/c41-13-28-31(49)32(50)33(51)37(60-28)58-26-11-20(43)10-25-21(26)12-27(34(57-25)18-4-7-22(44)23(45)9-18)59-38-35(30(48)24(46)14-54-38)61-39-36(52)40(53,16-56-39)15-55-29(47)8-3-17-1-5-19(42)6-2-17/h3,8,17-28,30-39,41-46,48-53H,1-2,4-7,9-16H2/p+1. The predicted molar refractivity (Wildman–Crippen MR) is 201 cm³/mol. The Morgan fingerprint density at radius 3 is 2.16 bits per heavy atom. The summed E-state index contributed by atoms with van der Waals surface area (Å²) in [6, 6.07) is 0. The van der Waals surface area contributed by atoms with Gasteiger partial charge in [-0.25, -0.2) is 4.79 Å². The number of carbonyl (C=O) groups is 1. The first kappa shape index (κ1) is 47.4. The summed E-state index contributed by atoms with van der Waals surface area (Å²) >= 11 is 0. The van der Waals surface area contributed by atoms with Crippen LogP contribution in [0.1, 0.15) is 64.2 Å². The Morgan fingerprint density at radius 1 is 0.705 bits per heavy atom. The molecular weight excluding hydrogens is 816 g/mol. The van der Waals surface area contributed by atoms with Crippen molar-refractivity contribution in [2.24, 2.45) is 17.8 Å². The summed E-state index contributed by atoms with van der Waals surface area (Å²) in [6.07, 6.45) is -16.5. The van der Waals surface area contributed by atoms with Crippen molar-refractivity contribution in [3.8, 4) is 0 Å². The molecule has 0 spiro atoms. The summed E-state index contributed by atoms with van der Waals surface area (Å²) in [4.78, 5) is 12.5. The molecule has 7 rings (SSSR count). The Hall–Kier alpha value is -1.55. The second-order valence-electron chi connectivity index (χ2n) is 18.1. The number of esters is 1. The normalized spacial score (nSPS) is 51.0. The summed E-state index contributed by atoms with van der Waals surface area (Å²) in [6.45, 7) is -2.26. The molecule has 3 saturated carbocycles. The molecule has 7 fully saturated rings. The number of carbonyl (C=O) groups excluding carboxylic acids is 1. The fourth-order valence-corrected chi connectivity index (χ4v) is 9.99. The Kier molecular flexibility index (Phi) is 15.8. The average Bonchev–Trinajstić information content (AvgIpc) is 3.52. The predicted octanol–water partition coefficient (Wildman–Crippen LogP) is -4.92. The lowest BCUT2D eigenvalue weighted by Gasteiger charge is -2.50. The van der Waals surface area contributed by atoms with Crippen LogP contribution < -0.4 is 0 Å². The zero-order valence-corrected chi connectivity index (χ0v) is 33.8. The highest BCUT2D eigenvalue weighted by Gasteiger charge is 2.58. The van der Waals surface area contributed by atoms with E-state index < -0.39 is 154 Å². The number of fused-ring (bicyclic) bond motifs is 1. The van der Waals surface area contributed by atoms with Crippen molar-refractivity contribution < 1.29 is 104 Å². The van der Waals surface area contributed by atoms with E-state index in [2.05, 4.69) is 0 Å². The third-order valence-electron chi connectivity index (χ3n) is 13.7. The van der Waals surface area contributed by atoms with E-state index in [9.17, 15) is 66.1 Å². The maximum Gasteiger partial charge on any atom is 0.330 e. The minimum atomic E-state index is -2.12. The van der Waals surface area contributed by atoms with E-state index in [0.29, 0.717) is 32.1 Å². The van der Waals surface area contributed by atoms with E-state index in [0.717, 1.165) is 0 Å². The molecule has 4 saturated heterocycles. The van der Waals surface area contributed by atoms with E-state index >= 15 is 0 Å². The molecule has 0 radical (unpaired) electrons. The van der Waals surface area contributed by atoms with Gasteiger partial charge in [0.1, 0.15) is 61.5 Å². The van der Waals surface area contributed by atoms with Crippen molar-refractivity contribution in [2.45, 2.75) is 186 Å². The fourth-order valence-electron chi connectivity index (χ4n) is 9.99. The summed E-state index contributed by atoms with van der Waals surface area (Å²) in [5.74, 6) is -1.51. The van der Waals surface area contributed by atoms with E-state index in [4.69, 9.17) is 37.9 Å². The Morgan fingerprint density at radius 2 is 1.44 bits per heavy atom. The monoisotopic (exact) mass is 881 g/mol. The zero-order valence-electron chi connectivity index (χ0n) is 33.8. The van der Waals surface area contributed by atoms with Crippen molar-refractivity contribution in [1.29, 1.82) is 0 Å². The van der Waals surface area contributed by atoms with Gasteiger partial charge in [0.15, 0.2) is 36.7 Å². The van der Waals surface area contributed by atoms with Gasteiger partial charge in [0.05, 0.1) is 56.3 Å². The molecular formula is C40H65O21+. The van der Waals surface area contributed by atoms with Crippen LogP contribution in [0.4, 0.5) is 0 Å². The largest absolute Gasteiger partial charge is 0.459 e. The molecule has 0 bridgehead atoms. The van der Waals surface area contributed by atoms with Crippen LogP contribution in [0.25, 0.3) is 0 Å². The summed E-state index contributed by atoms with van der Waals surface area (Å²) in [5.41, 5.74) is -2.12. The zero-order chi connectivity index (χ0) is 43.7. The van der Waals surface area contributed by atoms with Crippen molar-refractivity contribution in [3.05, 3.63) is 12.2 Å². The smallest absolute Gasteiger partial charge is 0.330 e. The van der Waals surface area contributed by atoms with Gasteiger partial charge in [-0.1, -0.05) is 6.08 Å². The summed E-state index contributed by atoms with van der Waals surface area (Å²) < 4.78 is 46.3. The summed E-state index contributed by atoms with van der Waals surface area (Å²) in [5, 5.41) is 127. The van der Waals surface area contributed by atoms with Gasteiger partial charge in [-0.05, 0) is 57.3 Å². The van der Waals surface area contributed by atoms with Gasteiger partial charge in [0.25, 0.3) is 0 Å². The van der Waals surface area contributed by atoms with Gasteiger partial charge >= 0.3 is 5.97 Å². The molecule has 0 aromatic rings. The van der Waals surface area contributed by atoms with Crippen molar-refractivity contribution in [1.82, 2.24) is 0 Å². The lowest BCUT2D eigenvalue weighted by atomic mass is 9.72. The molecule has 0 amide bonds. The highest BCUT2D eigenvalue weighted by atomic mass is 16.8. The first-order valence-electron chi connectivity index (χ1n) is 21.6. The van der Waals surface area contributed by atoms with Gasteiger partial charge in [0, 0.05) is 24.8 Å². The quantitative estimate of drug-likeness (QED) is 0.0496. The van der Waals surface area contributed by atoms with Gasteiger partial charge in [-0.15, -0.1) is 0 Å². The molecule has 0 aromatic heterocycles. The lowest BCUT2D eigenvalue weighted by Crippen LogP contribution is -2.63. The Bertz CT molecular complexity index is 1450.